The van der Waals surface area contributed by atoms with E-state index in [-0.39, 0.29) is 10.6 Å². The van der Waals surface area contributed by atoms with E-state index in [1.165, 1.54) is 6.08 Å². The van der Waals surface area contributed by atoms with E-state index in [4.69, 9.17) is 4.74 Å². The number of amides is 3. The fraction of sp³-hybridized carbons (Fsp3) is 0.0952. The highest BCUT2D eigenvalue weighted by molar-refractivity contribution is 8.18. The van der Waals surface area contributed by atoms with Crippen LogP contribution in [0, 0.1) is 11.6 Å². The van der Waals surface area contributed by atoms with Gasteiger partial charge in [0.15, 0.2) is 0 Å². The summed E-state index contributed by atoms with van der Waals surface area (Å²) in [6, 6.07) is 9.52. The molecule has 0 unspecified atom stereocenters. The first kappa shape index (κ1) is 21.3. The Balaban J connectivity index is 1.66. The Morgan fingerprint density at radius 2 is 1.90 bits per heavy atom. The number of thioether (sulfide) groups is 1. The van der Waals surface area contributed by atoms with Crippen molar-refractivity contribution in [3.8, 4) is 5.75 Å². The summed E-state index contributed by atoms with van der Waals surface area (Å²) in [5.41, 5.74) is 0.423. The predicted molar refractivity (Wildman–Crippen MR) is 110 cm³/mol. The molecule has 3 rings (SSSR count). The monoisotopic (exact) mass is 430 g/mol. The first-order chi connectivity index (χ1) is 14.4. The van der Waals surface area contributed by atoms with E-state index >= 15 is 0 Å². The Hall–Kier alpha value is -3.46. The lowest BCUT2D eigenvalue weighted by molar-refractivity contribution is -0.127. The van der Waals surface area contributed by atoms with Gasteiger partial charge in [-0.25, -0.2) is 8.78 Å². The lowest BCUT2D eigenvalue weighted by atomic mass is 10.2. The fourth-order valence-electron chi connectivity index (χ4n) is 2.53. The van der Waals surface area contributed by atoms with Crippen LogP contribution < -0.4 is 10.1 Å². The van der Waals surface area contributed by atoms with Crippen molar-refractivity contribution in [3.05, 3.63) is 77.2 Å². The number of hydrogen-bond donors (Lipinski definition) is 1. The van der Waals surface area contributed by atoms with Gasteiger partial charge in [0.05, 0.1) is 10.6 Å². The zero-order chi connectivity index (χ0) is 21.7. The van der Waals surface area contributed by atoms with Crippen LogP contribution in [0.5, 0.6) is 5.75 Å². The van der Waals surface area contributed by atoms with Gasteiger partial charge in [-0.2, -0.15) is 0 Å². The minimum absolute atomic E-state index is 0.153. The lowest BCUT2D eigenvalue weighted by Gasteiger charge is -2.12. The van der Waals surface area contributed by atoms with Crippen molar-refractivity contribution in [3.63, 3.8) is 0 Å². The Kier molecular flexibility index (Phi) is 6.63. The standard InChI is InChI=1S/C21H16F2N2O4S/c1-2-9-29-15-6-3-13(4-7-15)10-18-20(27)25(21(28)30-18)12-19(26)24-17-8-5-14(22)11-16(17)23/h2-8,10-11H,1,9,12H2,(H,24,26)/b18-10+. The third-order valence-electron chi connectivity index (χ3n) is 3.93. The largest absolute Gasteiger partial charge is 0.490 e. The third kappa shape index (κ3) is 5.12. The summed E-state index contributed by atoms with van der Waals surface area (Å²) in [7, 11) is 0. The summed E-state index contributed by atoms with van der Waals surface area (Å²) < 4.78 is 32.0. The average molecular weight is 430 g/mol. The molecule has 1 saturated heterocycles. The molecule has 1 heterocycles. The number of nitrogens with one attached hydrogen (secondary N) is 1. The molecule has 6 nitrogen and oxygen atoms in total. The van der Waals surface area contributed by atoms with Gasteiger partial charge in [-0.15, -0.1) is 0 Å². The second kappa shape index (κ2) is 9.36. The molecule has 9 heteroatoms. The van der Waals surface area contributed by atoms with E-state index in [0.717, 1.165) is 17.0 Å². The molecule has 0 saturated carbocycles. The molecule has 2 aromatic rings. The lowest BCUT2D eigenvalue weighted by Crippen LogP contribution is -2.36. The predicted octanol–water partition coefficient (Wildman–Crippen LogP) is 4.20. The van der Waals surface area contributed by atoms with Gasteiger partial charge in [0.2, 0.25) is 5.91 Å². The smallest absolute Gasteiger partial charge is 0.294 e. The van der Waals surface area contributed by atoms with Gasteiger partial charge in [0, 0.05) is 6.07 Å². The summed E-state index contributed by atoms with van der Waals surface area (Å²) in [5.74, 6) is -2.54. The highest BCUT2D eigenvalue weighted by Gasteiger charge is 2.36. The number of nitrogens with zero attached hydrogens (tertiary/aromatic N) is 1. The van der Waals surface area contributed by atoms with Crippen molar-refractivity contribution < 1.29 is 27.9 Å². The average Bonchev–Trinajstić information content (AvgIpc) is 2.97. The minimum Gasteiger partial charge on any atom is -0.490 e. The number of carbonyl (C=O) groups excluding carboxylic acids is 3. The fourth-order valence-corrected chi connectivity index (χ4v) is 3.37. The van der Waals surface area contributed by atoms with Crippen LogP contribution in [0.25, 0.3) is 6.08 Å². The summed E-state index contributed by atoms with van der Waals surface area (Å²) in [6.07, 6.45) is 3.14. The van der Waals surface area contributed by atoms with E-state index in [1.807, 2.05) is 0 Å². The van der Waals surface area contributed by atoms with Crippen LogP contribution in [0.2, 0.25) is 0 Å². The molecule has 0 aliphatic carbocycles. The molecule has 30 heavy (non-hydrogen) atoms. The number of rotatable bonds is 7. The first-order valence-corrected chi connectivity index (χ1v) is 9.53. The zero-order valence-corrected chi connectivity index (χ0v) is 16.4. The molecule has 154 valence electrons. The number of carbonyl (C=O) groups is 3. The van der Waals surface area contributed by atoms with E-state index < -0.39 is 35.2 Å². The Morgan fingerprint density at radius 3 is 2.57 bits per heavy atom. The van der Waals surface area contributed by atoms with Crippen molar-refractivity contribution >= 4 is 40.6 Å². The van der Waals surface area contributed by atoms with Gasteiger partial charge >= 0.3 is 0 Å². The van der Waals surface area contributed by atoms with Crippen LogP contribution in [0.1, 0.15) is 5.56 Å². The molecule has 0 spiro atoms. The molecule has 3 amide bonds. The molecule has 0 atom stereocenters. The van der Waals surface area contributed by atoms with Crippen LogP contribution >= 0.6 is 11.8 Å². The Bertz CT molecular complexity index is 1040. The highest BCUT2D eigenvalue weighted by Crippen LogP contribution is 2.32. The van der Waals surface area contributed by atoms with Gasteiger partial charge < -0.3 is 10.1 Å². The molecule has 0 bridgehead atoms. The molecule has 0 radical (unpaired) electrons. The second-order valence-electron chi connectivity index (χ2n) is 6.11. The van der Waals surface area contributed by atoms with Crippen molar-refractivity contribution in [2.45, 2.75) is 0 Å². The Labute approximate surface area is 175 Å². The van der Waals surface area contributed by atoms with Crippen molar-refractivity contribution in [2.24, 2.45) is 0 Å². The van der Waals surface area contributed by atoms with Crippen LogP contribution in [0.15, 0.2) is 60.0 Å². The van der Waals surface area contributed by atoms with Gasteiger partial charge in [-0.3, -0.25) is 19.3 Å². The number of ether oxygens (including phenoxy) is 1. The van der Waals surface area contributed by atoms with Crippen LogP contribution in [0.3, 0.4) is 0 Å². The van der Waals surface area contributed by atoms with Gasteiger partial charge in [0.25, 0.3) is 11.1 Å². The topological polar surface area (TPSA) is 75.7 Å². The molecule has 1 aliphatic heterocycles. The summed E-state index contributed by atoms with van der Waals surface area (Å²) in [5, 5.41) is 1.60. The maximum Gasteiger partial charge on any atom is 0.294 e. The SMILES string of the molecule is C=CCOc1ccc(/C=C2/SC(=O)N(CC(=O)Nc3ccc(F)cc3F)C2=O)cc1. The summed E-state index contributed by atoms with van der Waals surface area (Å²) >= 11 is 0.698. The molecule has 1 aliphatic rings. The zero-order valence-electron chi connectivity index (χ0n) is 15.6. The maximum atomic E-state index is 13.6. The second-order valence-corrected chi connectivity index (χ2v) is 7.10. The quantitative estimate of drug-likeness (QED) is 0.526. The van der Waals surface area contributed by atoms with E-state index in [1.54, 1.807) is 30.3 Å². The number of halogens is 2. The van der Waals surface area contributed by atoms with E-state index in [9.17, 15) is 23.2 Å². The molecular weight excluding hydrogens is 414 g/mol. The molecular formula is C21H16F2N2O4S. The third-order valence-corrected chi connectivity index (χ3v) is 4.83. The van der Waals surface area contributed by atoms with Gasteiger partial charge in [-0.1, -0.05) is 24.8 Å². The Morgan fingerprint density at radius 1 is 1.17 bits per heavy atom. The summed E-state index contributed by atoms with van der Waals surface area (Å²) in [4.78, 5) is 37.7. The van der Waals surface area contributed by atoms with E-state index in [2.05, 4.69) is 11.9 Å². The van der Waals surface area contributed by atoms with Gasteiger partial charge in [0.1, 0.15) is 30.5 Å². The number of imide groups is 1. The molecule has 0 aromatic heterocycles. The first-order valence-electron chi connectivity index (χ1n) is 8.71. The number of benzene rings is 2. The molecule has 1 N–H and O–H groups in total. The number of anilines is 1. The molecule has 2 aromatic carbocycles. The van der Waals surface area contributed by atoms with Crippen molar-refractivity contribution in [1.29, 1.82) is 0 Å². The molecule has 1 fully saturated rings. The van der Waals surface area contributed by atoms with Crippen LogP contribution in [-0.2, 0) is 9.59 Å². The van der Waals surface area contributed by atoms with Crippen molar-refractivity contribution in [2.75, 3.05) is 18.5 Å². The number of hydrogen-bond acceptors (Lipinski definition) is 5. The minimum atomic E-state index is -0.960. The maximum absolute atomic E-state index is 13.6. The highest BCUT2D eigenvalue weighted by atomic mass is 32.2. The van der Waals surface area contributed by atoms with Crippen LogP contribution in [0.4, 0.5) is 19.3 Å². The normalized spacial score (nSPS) is 14.9. The van der Waals surface area contributed by atoms with Crippen LogP contribution in [-0.4, -0.2) is 35.1 Å². The van der Waals surface area contributed by atoms with Gasteiger partial charge in [-0.05, 0) is 47.7 Å². The summed E-state index contributed by atoms with van der Waals surface area (Å²) in [6.45, 7) is 3.34. The van der Waals surface area contributed by atoms with E-state index in [0.29, 0.717) is 35.7 Å². The van der Waals surface area contributed by atoms with Crippen molar-refractivity contribution in [1.82, 2.24) is 4.90 Å².